The van der Waals surface area contributed by atoms with Crippen LogP contribution in [0.3, 0.4) is 0 Å². The lowest BCUT2D eigenvalue weighted by Crippen LogP contribution is -2.41. The normalized spacial score (nSPS) is 12.6. The van der Waals surface area contributed by atoms with Crippen LogP contribution in [0.15, 0.2) is 22.8 Å². The van der Waals surface area contributed by atoms with Crippen molar-refractivity contribution in [2.24, 2.45) is 0 Å². The molecule has 0 spiro atoms. The van der Waals surface area contributed by atoms with Gasteiger partial charge in [-0.2, -0.15) is 0 Å². The minimum atomic E-state index is -0.0795. The van der Waals surface area contributed by atoms with Gasteiger partial charge >= 0.3 is 6.03 Å². The molecule has 1 atom stereocenters. The zero-order chi connectivity index (χ0) is 16.4. The maximum absolute atomic E-state index is 11.8. The van der Waals surface area contributed by atoms with E-state index in [4.69, 9.17) is 4.42 Å². The third-order valence-corrected chi connectivity index (χ3v) is 3.89. The number of carbonyl (C=O) groups excluding carboxylic acids is 1. The SMILES string of the molecule is CC(CCc1ccco1)NC(=O)NCCCCN(C)C(C)C. The molecule has 22 heavy (non-hydrogen) atoms. The van der Waals surface area contributed by atoms with E-state index in [1.54, 1.807) is 6.26 Å². The van der Waals surface area contributed by atoms with E-state index >= 15 is 0 Å². The van der Waals surface area contributed by atoms with Gasteiger partial charge in [-0.25, -0.2) is 4.79 Å². The van der Waals surface area contributed by atoms with Gasteiger partial charge in [0.15, 0.2) is 0 Å². The predicted molar refractivity (Wildman–Crippen MR) is 90.0 cm³/mol. The Kier molecular flexibility index (Phi) is 8.67. The molecule has 0 saturated carbocycles. The average Bonchev–Trinajstić information content (AvgIpc) is 2.97. The molecule has 0 radical (unpaired) electrons. The van der Waals surface area contributed by atoms with Crippen molar-refractivity contribution in [1.82, 2.24) is 15.5 Å². The number of furan rings is 1. The molecule has 0 aliphatic rings. The largest absolute Gasteiger partial charge is 0.469 e. The Bertz CT molecular complexity index is 404. The van der Waals surface area contributed by atoms with E-state index < -0.39 is 0 Å². The summed E-state index contributed by atoms with van der Waals surface area (Å²) < 4.78 is 5.28. The van der Waals surface area contributed by atoms with Crippen LogP contribution in [-0.2, 0) is 6.42 Å². The lowest BCUT2D eigenvalue weighted by molar-refractivity contribution is 0.235. The fourth-order valence-corrected chi connectivity index (χ4v) is 2.11. The average molecular weight is 309 g/mol. The van der Waals surface area contributed by atoms with Gasteiger partial charge in [-0.1, -0.05) is 0 Å². The van der Waals surface area contributed by atoms with Crippen molar-refractivity contribution in [3.05, 3.63) is 24.2 Å². The summed E-state index contributed by atoms with van der Waals surface area (Å²) in [6.45, 7) is 8.19. The summed E-state index contributed by atoms with van der Waals surface area (Å²) in [5.41, 5.74) is 0. The summed E-state index contributed by atoms with van der Waals surface area (Å²) in [5.74, 6) is 0.961. The van der Waals surface area contributed by atoms with Gasteiger partial charge in [0.05, 0.1) is 6.26 Å². The third-order valence-electron chi connectivity index (χ3n) is 3.89. The fourth-order valence-electron chi connectivity index (χ4n) is 2.11. The molecule has 2 amide bonds. The van der Waals surface area contributed by atoms with Crippen LogP contribution >= 0.6 is 0 Å². The number of rotatable bonds is 10. The molecule has 1 aromatic heterocycles. The van der Waals surface area contributed by atoms with Gasteiger partial charge < -0.3 is 20.0 Å². The first-order chi connectivity index (χ1) is 10.5. The standard InChI is InChI=1S/C17H31N3O2/c1-14(2)20(4)12-6-5-11-18-17(21)19-15(3)9-10-16-8-7-13-22-16/h7-8,13-15H,5-6,9-12H2,1-4H3,(H2,18,19,21). The summed E-state index contributed by atoms with van der Waals surface area (Å²) in [6.07, 6.45) is 5.50. The first kappa shape index (κ1) is 18.6. The number of hydrogen-bond acceptors (Lipinski definition) is 3. The summed E-state index contributed by atoms with van der Waals surface area (Å²) in [4.78, 5) is 14.1. The topological polar surface area (TPSA) is 57.5 Å². The summed E-state index contributed by atoms with van der Waals surface area (Å²) in [7, 11) is 2.13. The molecule has 0 aliphatic heterocycles. The summed E-state index contributed by atoms with van der Waals surface area (Å²) >= 11 is 0. The van der Waals surface area contributed by atoms with Gasteiger partial charge in [0.25, 0.3) is 0 Å². The second-order valence-corrected chi connectivity index (χ2v) is 6.20. The van der Waals surface area contributed by atoms with Crippen LogP contribution in [0.4, 0.5) is 4.79 Å². The van der Waals surface area contributed by atoms with E-state index in [1.807, 2.05) is 19.1 Å². The van der Waals surface area contributed by atoms with Crippen molar-refractivity contribution in [3.63, 3.8) is 0 Å². The van der Waals surface area contributed by atoms with Gasteiger partial charge in [0.1, 0.15) is 5.76 Å². The number of unbranched alkanes of at least 4 members (excludes halogenated alkanes) is 1. The molecule has 0 bridgehead atoms. The number of hydrogen-bond donors (Lipinski definition) is 2. The Hall–Kier alpha value is -1.49. The van der Waals surface area contributed by atoms with Crippen molar-refractivity contribution in [3.8, 4) is 0 Å². The Morgan fingerprint density at radius 3 is 2.73 bits per heavy atom. The van der Waals surface area contributed by atoms with Gasteiger partial charge in [-0.05, 0) is 65.8 Å². The molecule has 1 heterocycles. The van der Waals surface area contributed by atoms with Crippen molar-refractivity contribution >= 4 is 6.03 Å². The van der Waals surface area contributed by atoms with Crippen molar-refractivity contribution in [1.29, 1.82) is 0 Å². The lowest BCUT2D eigenvalue weighted by atomic mass is 10.1. The van der Waals surface area contributed by atoms with Crippen LogP contribution < -0.4 is 10.6 Å². The van der Waals surface area contributed by atoms with Crippen LogP contribution in [0.5, 0.6) is 0 Å². The molecule has 1 rings (SSSR count). The second kappa shape index (κ2) is 10.3. The van der Waals surface area contributed by atoms with E-state index in [9.17, 15) is 4.79 Å². The molecule has 5 nitrogen and oxygen atoms in total. The predicted octanol–water partition coefficient (Wildman–Crippen LogP) is 3.02. The highest BCUT2D eigenvalue weighted by Crippen LogP contribution is 2.05. The van der Waals surface area contributed by atoms with E-state index in [-0.39, 0.29) is 12.1 Å². The Morgan fingerprint density at radius 2 is 2.09 bits per heavy atom. The number of nitrogens with one attached hydrogen (secondary N) is 2. The lowest BCUT2D eigenvalue weighted by Gasteiger charge is -2.20. The molecule has 2 N–H and O–H groups in total. The first-order valence-electron chi connectivity index (χ1n) is 8.26. The number of nitrogens with zero attached hydrogens (tertiary/aromatic N) is 1. The number of amides is 2. The van der Waals surface area contributed by atoms with Gasteiger partial charge in [0.2, 0.25) is 0 Å². The minimum absolute atomic E-state index is 0.0795. The quantitative estimate of drug-likeness (QED) is 0.653. The van der Waals surface area contributed by atoms with Gasteiger partial charge in [-0.3, -0.25) is 0 Å². The zero-order valence-corrected chi connectivity index (χ0v) is 14.4. The smallest absolute Gasteiger partial charge is 0.314 e. The molecule has 0 fully saturated rings. The van der Waals surface area contributed by atoms with Crippen LogP contribution in [0, 0.1) is 0 Å². The Morgan fingerprint density at radius 1 is 1.32 bits per heavy atom. The van der Waals surface area contributed by atoms with E-state index in [2.05, 4.69) is 36.4 Å². The van der Waals surface area contributed by atoms with Crippen LogP contribution in [-0.4, -0.2) is 43.2 Å². The monoisotopic (exact) mass is 309 g/mol. The van der Waals surface area contributed by atoms with Crippen LogP contribution in [0.2, 0.25) is 0 Å². The molecule has 0 aromatic carbocycles. The molecule has 126 valence electrons. The Balaban J connectivity index is 2.02. The highest BCUT2D eigenvalue weighted by molar-refractivity contribution is 5.74. The minimum Gasteiger partial charge on any atom is -0.469 e. The first-order valence-corrected chi connectivity index (χ1v) is 8.26. The fraction of sp³-hybridized carbons (Fsp3) is 0.706. The number of urea groups is 1. The highest BCUT2D eigenvalue weighted by atomic mass is 16.3. The van der Waals surface area contributed by atoms with Gasteiger partial charge in [-0.15, -0.1) is 0 Å². The highest BCUT2D eigenvalue weighted by Gasteiger charge is 2.08. The van der Waals surface area contributed by atoms with Gasteiger partial charge in [0, 0.05) is 25.0 Å². The van der Waals surface area contributed by atoms with E-state index in [1.165, 1.54) is 0 Å². The maximum Gasteiger partial charge on any atom is 0.314 e. The Labute approximate surface area is 134 Å². The number of carbonyl (C=O) groups is 1. The maximum atomic E-state index is 11.8. The second-order valence-electron chi connectivity index (χ2n) is 6.20. The molecule has 0 aliphatic carbocycles. The zero-order valence-electron chi connectivity index (χ0n) is 14.4. The molecule has 1 unspecified atom stereocenters. The third kappa shape index (κ3) is 8.08. The summed E-state index contributed by atoms with van der Waals surface area (Å²) in [5, 5.41) is 5.88. The molecular weight excluding hydrogens is 278 g/mol. The van der Waals surface area contributed by atoms with Crippen molar-refractivity contribution in [2.75, 3.05) is 20.1 Å². The number of aryl methyl sites for hydroxylation is 1. The molecule has 5 heteroatoms. The van der Waals surface area contributed by atoms with E-state index in [0.717, 1.165) is 44.5 Å². The summed E-state index contributed by atoms with van der Waals surface area (Å²) in [6, 6.07) is 4.48. The van der Waals surface area contributed by atoms with Crippen LogP contribution in [0.1, 0.15) is 45.8 Å². The molecular formula is C17H31N3O2. The molecule has 1 aromatic rings. The van der Waals surface area contributed by atoms with E-state index in [0.29, 0.717) is 6.04 Å². The molecule has 0 saturated heterocycles. The van der Waals surface area contributed by atoms with Crippen molar-refractivity contribution in [2.45, 2.75) is 58.5 Å². The van der Waals surface area contributed by atoms with Crippen LogP contribution in [0.25, 0.3) is 0 Å². The van der Waals surface area contributed by atoms with Crippen molar-refractivity contribution < 1.29 is 9.21 Å².